The van der Waals surface area contributed by atoms with Crippen molar-refractivity contribution in [3.05, 3.63) is 0 Å². The van der Waals surface area contributed by atoms with Crippen molar-refractivity contribution in [2.24, 2.45) is 11.8 Å². The lowest BCUT2D eigenvalue weighted by molar-refractivity contribution is -0.167. The van der Waals surface area contributed by atoms with Gasteiger partial charge >= 0.3 is 17.9 Å². The molecule has 0 saturated carbocycles. The Labute approximate surface area is 310 Å². The highest BCUT2D eigenvalue weighted by molar-refractivity contribution is 5.71. The summed E-state index contributed by atoms with van der Waals surface area (Å²) in [4.78, 5) is 37.6. The second kappa shape index (κ2) is 37.2. The van der Waals surface area contributed by atoms with Crippen LogP contribution >= 0.6 is 0 Å². The maximum atomic E-state index is 12.6. The monoisotopic (exact) mass is 709 g/mol. The third kappa shape index (κ3) is 37.7. The number of hydrogen-bond acceptors (Lipinski definition) is 6. The van der Waals surface area contributed by atoms with Crippen LogP contribution in [0.5, 0.6) is 0 Å². The Balaban J connectivity index is 4.34. The maximum Gasteiger partial charge on any atom is 0.306 e. The molecular formula is C44H84O6. The third-order valence-electron chi connectivity index (χ3n) is 9.72. The Morgan fingerprint density at radius 1 is 0.380 bits per heavy atom. The van der Waals surface area contributed by atoms with E-state index in [1.807, 2.05) is 0 Å². The molecule has 0 spiro atoms. The molecule has 0 N–H and O–H groups in total. The molecule has 0 rings (SSSR count). The van der Waals surface area contributed by atoms with E-state index in [4.69, 9.17) is 14.2 Å². The number of ether oxygens (including phenoxy) is 3. The summed E-state index contributed by atoms with van der Waals surface area (Å²) in [6.45, 7) is 11.2. The molecule has 0 amide bonds. The van der Waals surface area contributed by atoms with Crippen LogP contribution in [0.25, 0.3) is 0 Å². The molecule has 50 heavy (non-hydrogen) atoms. The van der Waals surface area contributed by atoms with Crippen LogP contribution in [0.1, 0.15) is 234 Å². The van der Waals surface area contributed by atoms with E-state index in [-0.39, 0.29) is 31.1 Å². The summed E-state index contributed by atoms with van der Waals surface area (Å²) >= 11 is 0. The third-order valence-corrected chi connectivity index (χ3v) is 9.72. The van der Waals surface area contributed by atoms with Gasteiger partial charge in [0.2, 0.25) is 0 Å². The fraction of sp³-hybridized carbons (Fsp3) is 0.932. The first-order valence-electron chi connectivity index (χ1n) is 21.7. The lowest BCUT2D eigenvalue weighted by atomic mass is 10.0. The van der Waals surface area contributed by atoms with Crippen LogP contribution in [0.15, 0.2) is 0 Å². The van der Waals surface area contributed by atoms with Crippen LogP contribution in [-0.2, 0) is 28.6 Å². The summed E-state index contributed by atoms with van der Waals surface area (Å²) in [5, 5.41) is 0. The van der Waals surface area contributed by atoms with E-state index < -0.39 is 6.10 Å². The van der Waals surface area contributed by atoms with E-state index in [0.717, 1.165) is 69.6 Å². The minimum Gasteiger partial charge on any atom is -0.462 e. The molecule has 1 atom stereocenters. The molecular weight excluding hydrogens is 624 g/mol. The largest absolute Gasteiger partial charge is 0.462 e. The standard InChI is InChI=1S/C44H84O6/c1-6-7-8-9-10-11-12-13-14-19-24-29-34-42(45)48-37-41(50-44(47)36-31-26-21-16-18-23-28-33-40(4)5)38-49-43(46)35-30-25-20-15-17-22-27-32-39(2)3/h39-41H,6-38H2,1-5H3/t41-/m1/s1. The average molecular weight is 709 g/mol. The molecule has 6 nitrogen and oxygen atoms in total. The zero-order chi connectivity index (χ0) is 36.9. The van der Waals surface area contributed by atoms with Crippen molar-refractivity contribution in [3.8, 4) is 0 Å². The predicted molar refractivity (Wildman–Crippen MR) is 210 cm³/mol. The van der Waals surface area contributed by atoms with Crippen molar-refractivity contribution in [2.75, 3.05) is 13.2 Å². The van der Waals surface area contributed by atoms with E-state index in [0.29, 0.717) is 19.3 Å². The summed E-state index contributed by atoms with van der Waals surface area (Å²) in [6, 6.07) is 0. The van der Waals surface area contributed by atoms with Crippen molar-refractivity contribution in [2.45, 2.75) is 240 Å². The Hall–Kier alpha value is -1.59. The van der Waals surface area contributed by atoms with Gasteiger partial charge < -0.3 is 14.2 Å². The van der Waals surface area contributed by atoms with Gasteiger partial charge in [0.05, 0.1) is 0 Å². The number of rotatable bonds is 38. The van der Waals surface area contributed by atoms with E-state index in [1.165, 1.54) is 122 Å². The molecule has 0 aromatic rings. The Kier molecular flexibility index (Phi) is 36.0. The highest BCUT2D eigenvalue weighted by Crippen LogP contribution is 2.16. The number of esters is 3. The maximum absolute atomic E-state index is 12.6. The highest BCUT2D eigenvalue weighted by Gasteiger charge is 2.19. The Bertz CT molecular complexity index is 764. The van der Waals surface area contributed by atoms with E-state index in [1.54, 1.807) is 0 Å². The molecule has 0 aliphatic carbocycles. The van der Waals surface area contributed by atoms with Crippen LogP contribution in [0.4, 0.5) is 0 Å². The second-order valence-electron chi connectivity index (χ2n) is 15.9. The lowest BCUT2D eigenvalue weighted by Crippen LogP contribution is -2.30. The SMILES string of the molecule is CCCCCCCCCCCCCCC(=O)OC[C@H](COC(=O)CCCCCCCCCC(C)C)OC(=O)CCCCCCCCCC(C)C. The summed E-state index contributed by atoms with van der Waals surface area (Å²) in [5.41, 5.74) is 0. The average Bonchev–Trinajstić information content (AvgIpc) is 3.08. The van der Waals surface area contributed by atoms with Crippen LogP contribution in [-0.4, -0.2) is 37.2 Å². The van der Waals surface area contributed by atoms with Crippen LogP contribution < -0.4 is 0 Å². The fourth-order valence-electron chi connectivity index (χ4n) is 6.40. The minimum atomic E-state index is -0.760. The minimum absolute atomic E-state index is 0.0662. The summed E-state index contributed by atoms with van der Waals surface area (Å²) < 4.78 is 16.7. The molecule has 6 heteroatoms. The first-order valence-corrected chi connectivity index (χ1v) is 21.7. The molecule has 0 saturated heterocycles. The van der Waals surface area contributed by atoms with Crippen LogP contribution in [0, 0.1) is 11.8 Å². The summed E-state index contributed by atoms with van der Waals surface area (Å²) in [7, 11) is 0. The van der Waals surface area contributed by atoms with E-state index >= 15 is 0 Å². The van der Waals surface area contributed by atoms with Gasteiger partial charge in [0.1, 0.15) is 13.2 Å². The quantitative estimate of drug-likeness (QED) is 0.0361. The Morgan fingerprint density at radius 2 is 0.660 bits per heavy atom. The van der Waals surface area contributed by atoms with Gasteiger partial charge in [-0.2, -0.15) is 0 Å². The smallest absolute Gasteiger partial charge is 0.306 e. The number of carbonyl (C=O) groups is 3. The molecule has 0 radical (unpaired) electrons. The van der Waals surface area contributed by atoms with Crippen molar-refractivity contribution >= 4 is 17.9 Å². The van der Waals surface area contributed by atoms with E-state index in [9.17, 15) is 14.4 Å². The van der Waals surface area contributed by atoms with Gasteiger partial charge in [-0.05, 0) is 31.1 Å². The molecule has 0 aliphatic rings. The molecule has 0 heterocycles. The Morgan fingerprint density at radius 3 is 0.980 bits per heavy atom. The lowest BCUT2D eigenvalue weighted by Gasteiger charge is -2.18. The zero-order valence-corrected chi connectivity index (χ0v) is 34.0. The topological polar surface area (TPSA) is 78.9 Å². The van der Waals surface area contributed by atoms with Gasteiger partial charge in [-0.1, -0.05) is 195 Å². The summed E-state index contributed by atoms with van der Waals surface area (Å²) in [6.07, 6.45) is 33.9. The molecule has 0 unspecified atom stereocenters. The first-order chi connectivity index (χ1) is 24.2. The van der Waals surface area contributed by atoms with Gasteiger partial charge in [-0.25, -0.2) is 0 Å². The molecule has 0 aromatic heterocycles. The first kappa shape index (κ1) is 48.4. The highest BCUT2D eigenvalue weighted by atomic mass is 16.6. The summed E-state index contributed by atoms with van der Waals surface area (Å²) in [5.74, 6) is 0.693. The van der Waals surface area contributed by atoms with Crippen LogP contribution in [0.3, 0.4) is 0 Å². The van der Waals surface area contributed by atoms with Crippen molar-refractivity contribution in [3.63, 3.8) is 0 Å². The van der Waals surface area contributed by atoms with Gasteiger partial charge in [0.15, 0.2) is 6.10 Å². The fourth-order valence-corrected chi connectivity index (χ4v) is 6.40. The molecule has 0 aromatic carbocycles. The van der Waals surface area contributed by atoms with Gasteiger partial charge in [-0.3, -0.25) is 14.4 Å². The van der Waals surface area contributed by atoms with Crippen molar-refractivity contribution in [1.82, 2.24) is 0 Å². The van der Waals surface area contributed by atoms with Gasteiger partial charge in [-0.15, -0.1) is 0 Å². The normalized spacial score (nSPS) is 12.1. The van der Waals surface area contributed by atoms with Gasteiger partial charge in [0.25, 0.3) is 0 Å². The number of carbonyl (C=O) groups excluding carboxylic acids is 3. The number of hydrogen-bond donors (Lipinski definition) is 0. The predicted octanol–water partition coefficient (Wildman–Crippen LogP) is 13.4. The molecule has 0 fully saturated rings. The number of unbranched alkanes of at least 4 members (excludes halogenated alkanes) is 23. The van der Waals surface area contributed by atoms with Crippen molar-refractivity contribution < 1.29 is 28.6 Å². The van der Waals surface area contributed by atoms with E-state index in [2.05, 4.69) is 34.6 Å². The molecule has 0 bridgehead atoms. The van der Waals surface area contributed by atoms with Crippen LogP contribution in [0.2, 0.25) is 0 Å². The van der Waals surface area contributed by atoms with Crippen molar-refractivity contribution in [1.29, 1.82) is 0 Å². The zero-order valence-electron chi connectivity index (χ0n) is 34.0. The molecule has 296 valence electrons. The van der Waals surface area contributed by atoms with Gasteiger partial charge in [0, 0.05) is 19.3 Å². The second-order valence-corrected chi connectivity index (χ2v) is 15.9. The molecule has 0 aliphatic heterocycles.